The highest BCUT2D eigenvalue weighted by Gasteiger charge is 2.31. The zero-order chi connectivity index (χ0) is 22.8. The fraction of sp³-hybridized carbons (Fsp3) is 0.320. The number of carbonyl (C=O) groups excluding carboxylic acids is 1. The van der Waals surface area contributed by atoms with Crippen molar-refractivity contribution in [2.75, 3.05) is 7.11 Å². The summed E-state index contributed by atoms with van der Waals surface area (Å²) in [6.07, 6.45) is 0.203. The van der Waals surface area contributed by atoms with Crippen molar-refractivity contribution >= 4 is 16.0 Å². The molecule has 31 heavy (non-hydrogen) atoms. The average molecular weight is 440 g/mol. The predicted molar refractivity (Wildman–Crippen MR) is 123 cm³/mol. The highest BCUT2D eigenvalue weighted by atomic mass is 32.2. The molecule has 1 N–H and O–H groups in total. The van der Waals surface area contributed by atoms with Crippen LogP contribution in [0.4, 0.5) is 0 Å². The Morgan fingerprint density at radius 1 is 1.00 bits per heavy atom. The van der Waals surface area contributed by atoms with E-state index in [1.165, 1.54) is 7.11 Å². The van der Waals surface area contributed by atoms with E-state index >= 15 is 0 Å². The molecule has 0 saturated heterocycles. The topological polar surface area (TPSA) is 72.5 Å². The van der Waals surface area contributed by atoms with Gasteiger partial charge in [-0.1, -0.05) is 62.4 Å². The van der Waals surface area contributed by atoms with Gasteiger partial charge in [0, 0.05) is 5.56 Å². The molecule has 0 aromatic heterocycles. The van der Waals surface area contributed by atoms with Crippen LogP contribution in [0.2, 0.25) is 0 Å². The van der Waals surface area contributed by atoms with Crippen LogP contribution in [0.3, 0.4) is 0 Å². The second-order valence-corrected chi connectivity index (χ2v) is 9.86. The molecule has 1 atom stereocenters. The number of fused-ring (bicyclic) bond motifs is 1. The van der Waals surface area contributed by atoms with Gasteiger partial charge in [0.05, 0.1) is 12.0 Å². The van der Waals surface area contributed by atoms with Gasteiger partial charge in [0.15, 0.2) is 0 Å². The predicted octanol–water partition coefficient (Wildman–Crippen LogP) is 4.59. The quantitative estimate of drug-likeness (QED) is 0.547. The van der Waals surface area contributed by atoms with Gasteiger partial charge in [-0.15, -0.1) is 0 Å². The lowest BCUT2D eigenvalue weighted by atomic mass is 10.0. The number of aryl methyl sites for hydroxylation is 2. The molecule has 0 saturated carbocycles. The Kier molecular flexibility index (Phi) is 6.82. The van der Waals surface area contributed by atoms with E-state index in [-0.39, 0.29) is 11.3 Å². The summed E-state index contributed by atoms with van der Waals surface area (Å²) < 4.78 is 34.3. The Labute approximate surface area is 184 Å². The smallest absolute Gasteiger partial charge is 0.324 e. The van der Waals surface area contributed by atoms with E-state index in [1.807, 2.05) is 56.3 Å². The van der Waals surface area contributed by atoms with Crippen LogP contribution in [0.5, 0.6) is 0 Å². The number of benzene rings is 1. The fourth-order valence-corrected chi connectivity index (χ4v) is 5.33. The summed E-state index contributed by atoms with van der Waals surface area (Å²) in [7, 11) is -2.72. The zero-order valence-corrected chi connectivity index (χ0v) is 19.4. The fourth-order valence-electron chi connectivity index (χ4n) is 3.78. The van der Waals surface area contributed by atoms with Gasteiger partial charge in [0.2, 0.25) is 10.0 Å². The number of esters is 1. The molecule has 0 radical (unpaired) electrons. The van der Waals surface area contributed by atoms with Crippen LogP contribution in [0.1, 0.15) is 42.0 Å². The second-order valence-electron chi connectivity index (χ2n) is 8.18. The van der Waals surface area contributed by atoms with Crippen molar-refractivity contribution < 1.29 is 17.9 Å². The number of sulfonamides is 1. The van der Waals surface area contributed by atoms with Crippen molar-refractivity contribution in [3.8, 4) is 11.1 Å². The first kappa shape index (κ1) is 23.0. The highest BCUT2D eigenvalue weighted by molar-refractivity contribution is 7.89. The first-order valence-electron chi connectivity index (χ1n) is 10.3. The van der Waals surface area contributed by atoms with Crippen LogP contribution in [0.15, 0.2) is 59.5 Å². The summed E-state index contributed by atoms with van der Waals surface area (Å²) in [6, 6.07) is 16.0. The number of rotatable bonds is 7. The molecule has 0 aliphatic heterocycles. The number of methoxy groups -OCH3 is 1. The van der Waals surface area contributed by atoms with Crippen LogP contribution in [0, 0.1) is 13.8 Å². The number of hydrogen-bond acceptors (Lipinski definition) is 4. The summed E-state index contributed by atoms with van der Waals surface area (Å²) >= 11 is 0. The van der Waals surface area contributed by atoms with E-state index < -0.39 is 22.0 Å². The number of hydrogen-bond donors (Lipinski definition) is 1. The van der Waals surface area contributed by atoms with Crippen molar-refractivity contribution in [1.29, 1.82) is 0 Å². The van der Waals surface area contributed by atoms with E-state index in [2.05, 4.69) is 24.6 Å². The Morgan fingerprint density at radius 3 is 2.29 bits per heavy atom. The summed E-state index contributed by atoms with van der Waals surface area (Å²) in [5, 5.41) is 0. The largest absolute Gasteiger partial charge is 0.468 e. The van der Waals surface area contributed by atoms with Crippen LogP contribution >= 0.6 is 0 Å². The maximum atomic E-state index is 13.4. The van der Waals surface area contributed by atoms with Gasteiger partial charge in [-0.05, 0) is 60.1 Å². The lowest BCUT2D eigenvalue weighted by molar-refractivity contribution is -0.142. The first-order chi connectivity index (χ1) is 14.6. The van der Waals surface area contributed by atoms with Crippen LogP contribution in [-0.2, 0) is 26.0 Å². The summed E-state index contributed by atoms with van der Waals surface area (Å²) in [5.74, 6) is -0.304. The molecule has 0 fully saturated rings. The van der Waals surface area contributed by atoms with Crippen molar-refractivity contribution in [1.82, 2.24) is 4.72 Å². The molecule has 0 spiro atoms. The number of carbonyl (C=O) groups is 1. The Balaban J connectivity index is 2.04. The van der Waals surface area contributed by atoms with Crippen LogP contribution in [-0.4, -0.2) is 27.5 Å². The van der Waals surface area contributed by atoms with Crippen molar-refractivity contribution in [2.45, 2.75) is 51.0 Å². The van der Waals surface area contributed by atoms with Crippen LogP contribution in [0.25, 0.3) is 11.1 Å². The SMILES string of the molecule is COC(=O)C(Cc1ccccc1)NS(=O)(=O)c1cc(C)c2cc(C(C)C)ccc(C)c1-2. The summed E-state index contributed by atoms with van der Waals surface area (Å²) in [5.41, 5.74) is 5.32. The minimum absolute atomic E-state index is 0.186. The van der Waals surface area contributed by atoms with E-state index in [0.717, 1.165) is 27.8 Å². The average Bonchev–Trinajstić information content (AvgIpc) is 2.96. The number of nitrogens with one attached hydrogen (secondary N) is 1. The van der Waals surface area contributed by atoms with Crippen LogP contribution < -0.4 is 4.72 Å². The van der Waals surface area contributed by atoms with Gasteiger partial charge in [0.25, 0.3) is 0 Å². The lowest BCUT2D eigenvalue weighted by Gasteiger charge is -2.17. The molecule has 2 aliphatic rings. The summed E-state index contributed by atoms with van der Waals surface area (Å²) in [4.78, 5) is 12.6. The van der Waals surface area contributed by atoms with Gasteiger partial charge in [-0.25, -0.2) is 8.42 Å². The molecule has 0 bridgehead atoms. The van der Waals surface area contributed by atoms with Crippen molar-refractivity contribution in [3.63, 3.8) is 0 Å². The first-order valence-corrected chi connectivity index (χ1v) is 11.8. The molecule has 0 amide bonds. The van der Waals surface area contributed by atoms with Gasteiger partial charge >= 0.3 is 5.97 Å². The maximum absolute atomic E-state index is 13.4. The minimum Gasteiger partial charge on any atom is -0.468 e. The molecule has 1 unspecified atom stereocenters. The molecule has 0 heterocycles. The van der Waals surface area contributed by atoms with E-state index in [0.29, 0.717) is 11.5 Å². The monoisotopic (exact) mass is 439 g/mol. The van der Waals surface area contributed by atoms with E-state index in [1.54, 1.807) is 6.07 Å². The third kappa shape index (κ3) is 4.97. The third-order valence-corrected chi connectivity index (χ3v) is 7.04. The molecular weight excluding hydrogens is 410 g/mol. The van der Waals surface area contributed by atoms with E-state index in [4.69, 9.17) is 4.74 Å². The molecule has 1 aromatic rings. The molecule has 5 nitrogen and oxygen atoms in total. The Bertz CT molecular complexity index is 1150. The molecular formula is C25H29NO4S. The van der Waals surface area contributed by atoms with Gasteiger partial charge in [-0.2, -0.15) is 4.72 Å². The molecule has 1 aromatic carbocycles. The van der Waals surface area contributed by atoms with Crippen molar-refractivity contribution in [3.05, 3.63) is 76.9 Å². The molecule has 164 valence electrons. The second kappa shape index (κ2) is 9.20. The Morgan fingerprint density at radius 2 is 1.68 bits per heavy atom. The zero-order valence-electron chi connectivity index (χ0n) is 18.6. The van der Waals surface area contributed by atoms with Gasteiger partial charge in [0.1, 0.15) is 6.04 Å². The molecule has 3 rings (SSSR count). The normalized spacial score (nSPS) is 12.8. The Hall–Kier alpha value is -2.70. The molecule has 6 heteroatoms. The minimum atomic E-state index is -3.98. The lowest BCUT2D eigenvalue weighted by Crippen LogP contribution is -2.43. The highest BCUT2D eigenvalue weighted by Crippen LogP contribution is 2.38. The molecule has 2 aliphatic carbocycles. The summed E-state index contributed by atoms with van der Waals surface area (Å²) in [6.45, 7) is 8.04. The third-order valence-electron chi connectivity index (χ3n) is 5.54. The van der Waals surface area contributed by atoms with E-state index in [9.17, 15) is 13.2 Å². The van der Waals surface area contributed by atoms with Gasteiger partial charge in [-0.3, -0.25) is 4.79 Å². The van der Waals surface area contributed by atoms with Crippen molar-refractivity contribution in [2.24, 2.45) is 0 Å². The standard InChI is InChI=1S/C25H29NO4S/c1-16(2)20-12-11-17(3)24-21(15-20)18(4)13-23(24)31(28,29)26-22(25(27)30-5)14-19-9-7-6-8-10-19/h6-13,15-16,22,26H,14H2,1-5H3. The number of ether oxygens (including phenoxy) is 1. The van der Waals surface area contributed by atoms with Gasteiger partial charge < -0.3 is 4.74 Å². The maximum Gasteiger partial charge on any atom is 0.324 e.